The van der Waals surface area contributed by atoms with Crippen LogP contribution in [0.1, 0.15) is 29.0 Å². The monoisotopic (exact) mass is 427 g/mol. The number of carbonyl (C=O) groups is 2. The minimum Gasteiger partial charge on any atom is -0.481 e. The van der Waals surface area contributed by atoms with Gasteiger partial charge in [-0.3, -0.25) is 10.1 Å². The first-order chi connectivity index (χ1) is 15.6. The molecule has 1 aliphatic carbocycles. The van der Waals surface area contributed by atoms with E-state index in [-0.39, 0.29) is 18.9 Å². The molecule has 0 saturated carbocycles. The molecule has 2 aromatic heterocycles. The van der Waals surface area contributed by atoms with Crippen LogP contribution in [-0.2, 0) is 16.0 Å². The van der Waals surface area contributed by atoms with Crippen molar-refractivity contribution in [2.24, 2.45) is 0 Å². The number of aryl methyl sites for hydroxylation is 1. The van der Waals surface area contributed by atoms with Crippen LogP contribution in [0.4, 0.5) is 10.5 Å². The summed E-state index contributed by atoms with van der Waals surface area (Å²) in [4.78, 5) is 30.9. The van der Waals surface area contributed by atoms with Gasteiger partial charge in [0.25, 0.3) is 0 Å². The predicted molar refractivity (Wildman–Crippen MR) is 121 cm³/mol. The van der Waals surface area contributed by atoms with Gasteiger partial charge in [-0.1, -0.05) is 48.5 Å². The van der Waals surface area contributed by atoms with Crippen molar-refractivity contribution in [2.75, 3.05) is 11.9 Å². The summed E-state index contributed by atoms with van der Waals surface area (Å²) < 4.78 is 5.63. The first-order valence-electron chi connectivity index (χ1n) is 10.4. The number of nitrogens with zero attached hydrogens (tertiary/aromatic N) is 1. The second-order valence-corrected chi connectivity index (χ2v) is 7.74. The summed E-state index contributed by atoms with van der Waals surface area (Å²) in [6.07, 6.45) is 3.07. The van der Waals surface area contributed by atoms with E-state index in [1.165, 1.54) is 11.1 Å². The zero-order valence-electron chi connectivity index (χ0n) is 17.2. The second-order valence-electron chi connectivity index (χ2n) is 7.74. The minimum absolute atomic E-state index is 0.00771. The number of benzene rings is 2. The highest BCUT2D eigenvalue weighted by atomic mass is 16.5. The quantitative estimate of drug-likeness (QED) is 0.404. The fourth-order valence-corrected chi connectivity index (χ4v) is 4.41. The first kappa shape index (κ1) is 19.8. The van der Waals surface area contributed by atoms with Gasteiger partial charge in [0.05, 0.1) is 5.69 Å². The molecule has 0 radical (unpaired) electrons. The number of aromatic amines is 1. The molecule has 1 aliphatic rings. The van der Waals surface area contributed by atoms with E-state index in [9.17, 15) is 9.59 Å². The van der Waals surface area contributed by atoms with Gasteiger partial charge in [0, 0.05) is 30.1 Å². The molecule has 2 heterocycles. The molecule has 0 atom stereocenters. The van der Waals surface area contributed by atoms with Crippen molar-refractivity contribution in [3.8, 4) is 11.1 Å². The van der Waals surface area contributed by atoms with E-state index >= 15 is 0 Å². The zero-order chi connectivity index (χ0) is 22.1. The fourth-order valence-electron chi connectivity index (χ4n) is 4.41. The Hall–Kier alpha value is -4.13. The Morgan fingerprint density at radius 2 is 1.72 bits per heavy atom. The minimum atomic E-state index is -0.880. The number of anilines is 1. The van der Waals surface area contributed by atoms with E-state index in [1.807, 2.05) is 24.3 Å². The summed E-state index contributed by atoms with van der Waals surface area (Å²) in [5, 5.41) is 12.5. The van der Waals surface area contributed by atoms with Gasteiger partial charge in [0.1, 0.15) is 12.3 Å². The van der Waals surface area contributed by atoms with E-state index < -0.39 is 12.1 Å². The molecule has 32 heavy (non-hydrogen) atoms. The SMILES string of the molecule is O=C(O)CCc1c[nH]c2nccc(NC(=O)OCC3c4ccccc4-c4ccccc43)c12. The number of hydrogen-bond donors (Lipinski definition) is 3. The number of rotatable bonds is 6. The number of hydrogen-bond acceptors (Lipinski definition) is 4. The van der Waals surface area contributed by atoms with Crippen LogP contribution in [0.25, 0.3) is 22.2 Å². The third-order valence-electron chi connectivity index (χ3n) is 5.84. The van der Waals surface area contributed by atoms with E-state index in [0.717, 1.165) is 16.7 Å². The first-order valence-corrected chi connectivity index (χ1v) is 10.4. The number of carboxylic acid groups (broad SMARTS) is 1. The molecule has 4 aromatic rings. The number of aromatic nitrogens is 2. The highest BCUT2D eigenvalue weighted by Crippen LogP contribution is 2.44. The predicted octanol–water partition coefficient (Wildman–Crippen LogP) is 4.94. The number of carboxylic acids is 1. The standard InChI is InChI=1S/C25H21N3O4/c29-22(30)10-9-15-13-27-24-23(15)21(11-12-26-24)28-25(31)32-14-20-18-7-3-1-5-16(18)17-6-2-4-8-19(17)20/h1-8,11-13,20H,9-10,14H2,(H,29,30)(H2,26,27,28,31). The maximum absolute atomic E-state index is 12.7. The third kappa shape index (κ3) is 3.58. The molecule has 0 aliphatic heterocycles. The van der Waals surface area contributed by atoms with Crippen molar-refractivity contribution in [2.45, 2.75) is 18.8 Å². The van der Waals surface area contributed by atoms with Crippen molar-refractivity contribution in [3.63, 3.8) is 0 Å². The van der Waals surface area contributed by atoms with Crippen LogP contribution in [-0.4, -0.2) is 33.7 Å². The molecule has 2 aromatic carbocycles. The second kappa shape index (κ2) is 8.19. The van der Waals surface area contributed by atoms with Gasteiger partial charge < -0.3 is 14.8 Å². The van der Waals surface area contributed by atoms with Gasteiger partial charge in [0.15, 0.2) is 0 Å². The average molecular weight is 427 g/mol. The lowest BCUT2D eigenvalue weighted by atomic mass is 9.98. The van der Waals surface area contributed by atoms with Crippen LogP contribution in [0.3, 0.4) is 0 Å². The molecule has 3 N–H and O–H groups in total. The van der Waals surface area contributed by atoms with E-state index in [2.05, 4.69) is 39.6 Å². The molecular weight excluding hydrogens is 406 g/mol. The number of aliphatic carboxylic acids is 1. The van der Waals surface area contributed by atoms with Gasteiger partial charge in [0.2, 0.25) is 0 Å². The van der Waals surface area contributed by atoms with Gasteiger partial charge in [-0.15, -0.1) is 0 Å². The highest BCUT2D eigenvalue weighted by Gasteiger charge is 2.29. The van der Waals surface area contributed by atoms with Crippen molar-refractivity contribution in [1.29, 1.82) is 0 Å². The Morgan fingerprint density at radius 1 is 1.03 bits per heavy atom. The van der Waals surface area contributed by atoms with Crippen molar-refractivity contribution in [3.05, 3.63) is 83.7 Å². The molecule has 0 unspecified atom stereocenters. The Morgan fingerprint density at radius 3 is 2.41 bits per heavy atom. The number of nitrogens with one attached hydrogen (secondary N) is 2. The number of ether oxygens (including phenoxy) is 1. The maximum Gasteiger partial charge on any atom is 0.411 e. The summed E-state index contributed by atoms with van der Waals surface area (Å²) >= 11 is 0. The normalized spacial score (nSPS) is 12.4. The molecule has 0 spiro atoms. The lowest BCUT2D eigenvalue weighted by Gasteiger charge is -2.15. The van der Waals surface area contributed by atoms with Gasteiger partial charge in [-0.25, -0.2) is 9.78 Å². The van der Waals surface area contributed by atoms with E-state index in [4.69, 9.17) is 9.84 Å². The number of pyridine rings is 1. The molecule has 1 amide bonds. The Labute approximate surface area is 184 Å². The summed E-state index contributed by atoms with van der Waals surface area (Å²) in [7, 11) is 0. The lowest BCUT2D eigenvalue weighted by molar-refractivity contribution is -0.136. The van der Waals surface area contributed by atoms with Crippen molar-refractivity contribution in [1.82, 2.24) is 9.97 Å². The van der Waals surface area contributed by atoms with Crippen LogP contribution in [0.15, 0.2) is 67.0 Å². The molecule has 7 nitrogen and oxygen atoms in total. The van der Waals surface area contributed by atoms with Crippen LogP contribution in [0, 0.1) is 0 Å². The molecular formula is C25H21N3O4. The Bertz CT molecular complexity index is 1280. The topological polar surface area (TPSA) is 104 Å². The third-order valence-corrected chi connectivity index (χ3v) is 5.84. The summed E-state index contributed by atoms with van der Waals surface area (Å²) in [5.41, 5.74) is 6.54. The van der Waals surface area contributed by atoms with Gasteiger partial charge >= 0.3 is 12.1 Å². The zero-order valence-corrected chi connectivity index (χ0v) is 17.2. The van der Waals surface area contributed by atoms with Crippen LogP contribution >= 0.6 is 0 Å². The van der Waals surface area contributed by atoms with Gasteiger partial charge in [-0.2, -0.15) is 0 Å². The lowest BCUT2D eigenvalue weighted by Crippen LogP contribution is -2.18. The fraction of sp³-hybridized carbons (Fsp3) is 0.160. The number of H-pyrrole nitrogens is 1. The number of carbonyl (C=O) groups excluding carboxylic acids is 1. The number of fused-ring (bicyclic) bond motifs is 4. The van der Waals surface area contributed by atoms with Gasteiger partial charge in [-0.05, 0) is 40.3 Å². The summed E-state index contributed by atoms with van der Waals surface area (Å²) in [6, 6.07) is 18.0. The van der Waals surface area contributed by atoms with Crippen LogP contribution in [0.2, 0.25) is 0 Å². The molecule has 7 heteroatoms. The smallest absolute Gasteiger partial charge is 0.411 e. The van der Waals surface area contributed by atoms with Crippen molar-refractivity contribution >= 4 is 28.8 Å². The van der Waals surface area contributed by atoms with Crippen LogP contribution < -0.4 is 5.32 Å². The van der Waals surface area contributed by atoms with E-state index in [0.29, 0.717) is 23.1 Å². The maximum atomic E-state index is 12.7. The Balaban J connectivity index is 1.34. The largest absolute Gasteiger partial charge is 0.481 e. The molecule has 0 bridgehead atoms. The average Bonchev–Trinajstić information content (AvgIpc) is 3.36. The van der Waals surface area contributed by atoms with E-state index in [1.54, 1.807) is 18.5 Å². The van der Waals surface area contributed by atoms with Crippen LogP contribution in [0.5, 0.6) is 0 Å². The molecule has 0 saturated heterocycles. The Kier molecular flexibility index (Phi) is 5.07. The summed E-state index contributed by atoms with van der Waals surface area (Å²) in [5.74, 6) is -0.904. The highest BCUT2D eigenvalue weighted by molar-refractivity contribution is 5.99. The molecule has 160 valence electrons. The molecule has 5 rings (SSSR count). The van der Waals surface area contributed by atoms with Crippen molar-refractivity contribution < 1.29 is 19.4 Å². The number of amides is 1. The summed E-state index contributed by atoms with van der Waals surface area (Å²) in [6.45, 7) is 0.215. The molecule has 0 fully saturated rings.